The van der Waals surface area contributed by atoms with E-state index < -0.39 is 11.8 Å². The molecule has 2 aromatic carbocycles. The van der Waals surface area contributed by atoms with Gasteiger partial charge in [-0.1, -0.05) is 30.3 Å². The van der Waals surface area contributed by atoms with Gasteiger partial charge in [-0.05, 0) is 51.0 Å². The van der Waals surface area contributed by atoms with Gasteiger partial charge in [-0.3, -0.25) is 14.4 Å². The summed E-state index contributed by atoms with van der Waals surface area (Å²) in [5, 5.41) is 9.11. The van der Waals surface area contributed by atoms with Gasteiger partial charge in [0.05, 0.1) is 6.21 Å². The predicted molar refractivity (Wildman–Crippen MR) is 115 cm³/mol. The molecule has 0 aliphatic rings. The predicted octanol–water partition coefficient (Wildman–Crippen LogP) is 2.30. The number of hydrazone groups is 1. The van der Waals surface area contributed by atoms with Crippen molar-refractivity contribution in [2.75, 3.05) is 11.9 Å². The Balaban J connectivity index is 1.96. The highest BCUT2D eigenvalue weighted by atomic mass is 16.5. The number of nitrogens with one attached hydrogen (secondary N) is 3. The fourth-order valence-electron chi connectivity index (χ4n) is 2.59. The maximum atomic E-state index is 12.3. The van der Waals surface area contributed by atoms with E-state index in [2.05, 4.69) is 21.2 Å². The maximum absolute atomic E-state index is 12.3. The minimum absolute atomic E-state index is 0.157. The molecule has 0 fully saturated rings. The fourth-order valence-corrected chi connectivity index (χ4v) is 2.59. The summed E-state index contributed by atoms with van der Waals surface area (Å²) in [6, 6.07) is 12.5. The molecule has 3 N–H and O–H groups in total. The van der Waals surface area contributed by atoms with E-state index in [0.717, 1.165) is 16.8 Å². The molecule has 0 aliphatic carbocycles. The van der Waals surface area contributed by atoms with Gasteiger partial charge >= 0.3 is 11.8 Å². The summed E-state index contributed by atoms with van der Waals surface area (Å²) in [6.07, 6.45) is 1.35. The standard InChI is InChI=1S/C22H26N4O4/c1-14(2)24-21(28)22(29)26-23-12-17-10-5-6-11-18(17)30-13-19(27)25-20-15(3)8-7-9-16(20)4/h5-12,14H,13H2,1-4H3,(H,24,28)(H,25,27)(H,26,29)/b23-12-. The van der Waals surface area contributed by atoms with Crippen LogP contribution in [0.25, 0.3) is 0 Å². The van der Waals surface area contributed by atoms with E-state index in [1.54, 1.807) is 38.1 Å². The topological polar surface area (TPSA) is 109 Å². The van der Waals surface area contributed by atoms with E-state index in [9.17, 15) is 14.4 Å². The molecule has 0 spiro atoms. The SMILES string of the molecule is Cc1cccc(C)c1NC(=O)COc1ccccc1/C=N\NC(=O)C(=O)NC(C)C. The first-order valence-electron chi connectivity index (χ1n) is 9.49. The number of hydrogen-bond donors (Lipinski definition) is 3. The maximum Gasteiger partial charge on any atom is 0.329 e. The summed E-state index contributed by atoms with van der Waals surface area (Å²) in [6.45, 7) is 7.15. The summed E-state index contributed by atoms with van der Waals surface area (Å²) in [5.41, 5.74) is 5.40. The third-order valence-corrected chi connectivity index (χ3v) is 4.02. The van der Waals surface area contributed by atoms with Gasteiger partial charge in [0.2, 0.25) is 0 Å². The van der Waals surface area contributed by atoms with E-state index in [1.165, 1.54) is 6.21 Å². The first-order valence-corrected chi connectivity index (χ1v) is 9.49. The van der Waals surface area contributed by atoms with Crippen LogP contribution < -0.4 is 20.8 Å². The zero-order valence-corrected chi connectivity index (χ0v) is 17.5. The molecule has 0 saturated carbocycles. The van der Waals surface area contributed by atoms with Crippen LogP contribution in [0, 0.1) is 13.8 Å². The number of amides is 3. The van der Waals surface area contributed by atoms with Crippen molar-refractivity contribution >= 4 is 29.6 Å². The Hall–Kier alpha value is -3.68. The second-order valence-corrected chi connectivity index (χ2v) is 6.97. The van der Waals surface area contributed by atoms with Crippen LogP contribution in [0.3, 0.4) is 0 Å². The van der Waals surface area contributed by atoms with Crippen molar-refractivity contribution in [1.29, 1.82) is 0 Å². The second-order valence-electron chi connectivity index (χ2n) is 6.97. The lowest BCUT2D eigenvalue weighted by Crippen LogP contribution is -2.41. The molecular formula is C22H26N4O4. The number of rotatable bonds is 7. The Morgan fingerprint density at radius 1 is 1.00 bits per heavy atom. The van der Waals surface area contributed by atoms with E-state index in [4.69, 9.17) is 4.74 Å². The Morgan fingerprint density at radius 3 is 2.33 bits per heavy atom. The van der Waals surface area contributed by atoms with Crippen molar-refractivity contribution in [2.24, 2.45) is 5.10 Å². The van der Waals surface area contributed by atoms with Crippen LogP contribution in [0.15, 0.2) is 47.6 Å². The number of hydrogen-bond acceptors (Lipinski definition) is 5. The minimum Gasteiger partial charge on any atom is -0.483 e. The van der Waals surface area contributed by atoms with Crippen LogP contribution in [0.2, 0.25) is 0 Å². The normalized spacial score (nSPS) is 10.7. The summed E-state index contributed by atoms with van der Waals surface area (Å²) in [7, 11) is 0. The number of benzene rings is 2. The van der Waals surface area contributed by atoms with Gasteiger partial charge in [-0.15, -0.1) is 0 Å². The van der Waals surface area contributed by atoms with Crippen LogP contribution in [0.4, 0.5) is 5.69 Å². The number of ether oxygens (including phenoxy) is 1. The first-order chi connectivity index (χ1) is 14.3. The highest BCUT2D eigenvalue weighted by Gasteiger charge is 2.13. The van der Waals surface area contributed by atoms with E-state index >= 15 is 0 Å². The van der Waals surface area contributed by atoms with Crippen molar-refractivity contribution in [3.05, 3.63) is 59.2 Å². The van der Waals surface area contributed by atoms with Gasteiger partial charge < -0.3 is 15.4 Å². The third-order valence-electron chi connectivity index (χ3n) is 4.02. The molecule has 8 nitrogen and oxygen atoms in total. The largest absolute Gasteiger partial charge is 0.483 e. The molecule has 0 heterocycles. The minimum atomic E-state index is -0.869. The molecule has 0 atom stereocenters. The first kappa shape index (κ1) is 22.6. The molecule has 158 valence electrons. The average Bonchev–Trinajstić information content (AvgIpc) is 2.69. The number of nitrogens with zero attached hydrogens (tertiary/aromatic N) is 1. The van der Waals surface area contributed by atoms with Gasteiger partial charge in [0.15, 0.2) is 6.61 Å². The highest BCUT2D eigenvalue weighted by Crippen LogP contribution is 2.20. The van der Waals surface area contributed by atoms with Crippen LogP contribution in [-0.2, 0) is 14.4 Å². The number of carbonyl (C=O) groups is 3. The molecule has 0 saturated heterocycles. The van der Waals surface area contributed by atoms with Gasteiger partial charge in [0.25, 0.3) is 5.91 Å². The van der Waals surface area contributed by atoms with Crippen molar-refractivity contribution < 1.29 is 19.1 Å². The van der Waals surface area contributed by atoms with Crippen LogP contribution >= 0.6 is 0 Å². The van der Waals surface area contributed by atoms with E-state index in [-0.39, 0.29) is 18.6 Å². The molecule has 30 heavy (non-hydrogen) atoms. The van der Waals surface area contributed by atoms with Crippen molar-refractivity contribution in [3.8, 4) is 5.75 Å². The third kappa shape index (κ3) is 6.73. The Kier molecular flexibility index (Phi) is 8.10. The highest BCUT2D eigenvalue weighted by molar-refractivity contribution is 6.35. The smallest absolute Gasteiger partial charge is 0.329 e. The molecule has 2 rings (SSSR count). The van der Waals surface area contributed by atoms with Crippen LogP contribution in [0.5, 0.6) is 5.75 Å². The van der Waals surface area contributed by atoms with Crippen LogP contribution in [-0.4, -0.2) is 36.6 Å². The average molecular weight is 410 g/mol. The molecule has 0 aliphatic heterocycles. The molecule has 0 radical (unpaired) electrons. The summed E-state index contributed by atoms with van der Waals surface area (Å²) >= 11 is 0. The lowest BCUT2D eigenvalue weighted by molar-refractivity contribution is -0.139. The second kappa shape index (κ2) is 10.8. The van der Waals surface area contributed by atoms with Crippen molar-refractivity contribution in [1.82, 2.24) is 10.7 Å². The zero-order chi connectivity index (χ0) is 22.1. The molecule has 2 aromatic rings. The molecule has 8 heteroatoms. The van der Waals surface area contributed by atoms with Crippen molar-refractivity contribution in [3.63, 3.8) is 0 Å². The summed E-state index contributed by atoms with van der Waals surface area (Å²) < 4.78 is 5.61. The Morgan fingerprint density at radius 2 is 1.67 bits per heavy atom. The number of anilines is 1. The lowest BCUT2D eigenvalue weighted by Gasteiger charge is -2.13. The van der Waals surface area contributed by atoms with E-state index in [0.29, 0.717) is 11.3 Å². The number of para-hydroxylation sites is 2. The number of carbonyl (C=O) groups excluding carboxylic acids is 3. The van der Waals surface area contributed by atoms with Gasteiger partial charge in [-0.2, -0.15) is 5.10 Å². The Bertz CT molecular complexity index is 934. The summed E-state index contributed by atoms with van der Waals surface area (Å²) in [4.78, 5) is 35.5. The molecular weight excluding hydrogens is 384 g/mol. The monoisotopic (exact) mass is 410 g/mol. The molecule has 0 aromatic heterocycles. The molecule has 3 amide bonds. The van der Waals surface area contributed by atoms with Crippen molar-refractivity contribution in [2.45, 2.75) is 33.7 Å². The van der Waals surface area contributed by atoms with E-state index in [1.807, 2.05) is 32.0 Å². The molecule has 0 unspecified atom stereocenters. The fraction of sp³-hybridized carbons (Fsp3) is 0.273. The van der Waals surface area contributed by atoms with Gasteiger partial charge in [0, 0.05) is 17.3 Å². The summed E-state index contributed by atoms with van der Waals surface area (Å²) in [5.74, 6) is -1.52. The lowest BCUT2D eigenvalue weighted by atomic mass is 10.1. The number of aryl methyl sites for hydroxylation is 2. The van der Waals surface area contributed by atoms with Gasteiger partial charge in [0.1, 0.15) is 5.75 Å². The molecule has 0 bridgehead atoms. The van der Waals surface area contributed by atoms with Gasteiger partial charge in [-0.25, -0.2) is 5.43 Å². The zero-order valence-electron chi connectivity index (χ0n) is 17.5. The Labute approximate surface area is 175 Å². The quantitative estimate of drug-likeness (QED) is 0.370. The van der Waals surface area contributed by atoms with Crippen LogP contribution in [0.1, 0.15) is 30.5 Å².